The lowest BCUT2D eigenvalue weighted by Crippen LogP contribution is -2.07. The van der Waals surface area contributed by atoms with Crippen LogP contribution in [0.3, 0.4) is 0 Å². The van der Waals surface area contributed by atoms with Crippen LogP contribution in [0.2, 0.25) is 0 Å². The molecular formula is C26H23N. The second-order valence-corrected chi connectivity index (χ2v) is 5.92. The predicted octanol–water partition coefficient (Wildman–Crippen LogP) is 7.18. The molecule has 0 saturated carbocycles. The number of hydrogen-bond donors (Lipinski definition) is 0. The van der Waals surface area contributed by atoms with Gasteiger partial charge in [-0.2, -0.15) is 0 Å². The van der Waals surface area contributed by atoms with Gasteiger partial charge in [0.15, 0.2) is 0 Å². The van der Waals surface area contributed by atoms with Crippen molar-refractivity contribution in [1.82, 2.24) is 0 Å². The zero-order valence-electron chi connectivity index (χ0n) is 15.2. The topological polar surface area (TPSA) is 3.24 Å². The molecule has 0 N–H and O–H groups in total. The monoisotopic (exact) mass is 349 g/mol. The van der Waals surface area contributed by atoms with Gasteiger partial charge in [-0.3, -0.25) is 0 Å². The lowest BCUT2D eigenvalue weighted by Gasteiger charge is -2.20. The highest BCUT2D eigenvalue weighted by molar-refractivity contribution is 5.69. The zero-order chi connectivity index (χ0) is 18.6. The molecule has 0 saturated heterocycles. The Kier molecular flexibility index (Phi) is 7.03. The maximum Gasteiger partial charge on any atom is 0.0455 e. The van der Waals surface area contributed by atoms with Crippen molar-refractivity contribution in [3.63, 3.8) is 0 Å². The first-order valence-electron chi connectivity index (χ1n) is 9.06. The van der Waals surface area contributed by atoms with Gasteiger partial charge in [0.1, 0.15) is 0 Å². The van der Waals surface area contributed by atoms with Gasteiger partial charge in [0, 0.05) is 17.6 Å². The van der Waals surface area contributed by atoms with E-state index in [0.29, 0.717) is 0 Å². The number of hydrogen-bond acceptors (Lipinski definition) is 1. The van der Waals surface area contributed by atoms with E-state index in [-0.39, 0.29) is 0 Å². The molecule has 4 rings (SSSR count). The highest BCUT2D eigenvalue weighted by Gasteiger charge is 2.04. The third kappa shape index (κ3) is 6.02. The number of para-hydroxylation sites is 2. The van der Waals surface area contributed by atoms with Gasteiger partial charge in [-0.25, -0.2) is 0 Å². The summed E-state index contributed by atoms with van der Waals surface area (Å²) in [5.41, 5.74) is 3.49. The van der Waals surface area contributed by atoms with Crippen molar-refractivity contribution in [2.45, 2.75) is 0 Å². The van der Waals surface area contributed by atoms with E-state index in [9.17, 15) is 0 Å². The van der Waals surface area contributed by atoms with Gasteiger partial charge in [-0.15, -0.1) is 0 Å². The van der Waals surface area contributed by atoms with Crippen molar-refractivity contribution >= 4 is 17.5 Å². The lowest BCUT2D eigenvalue weighted by atomic mass is 10.2. The predicted molar refractivity (Wildman–Crippen MR) is 117 cm³/mol. The quantitative estimate of drug-likeness (QED) is 0.377. The summed E-state index contributed by atoms with van der Waals surface area (Å²) in [5.74, 6) is 0. The first-order chi connectivity index (χ1) is 13.4. The van der Waals surface area contributed by atoms with Crippen LogP contribution in [0.15, 0.2) is 134 Å². The Labute approximate surface area is 161 Å². The van der Waals surface area contributed by atoms with Gasteiger partial charge in [-0.1, -0.05) is 103 Å². The Morgan fingerprint density at radius 3 is 1.15 bits per heavy atom. The summed E-state index contributed by atoms with van der Waals surface area (Å²) >= 11 is 0. The van der Waals surface area contributed by atoms with Crippen LogP contribution in [0.5, 0.6) is 0 Å². The van der Waals surface area contributed by atoms with E-state index in [4.69, 9.17) is 0 Å². The van der Waals surface area contributed by atoms with E-state index in [2.05, 4.69) is 90.0 Å². The van der Waals surface area contributed by atoms with Crippen molar-refractivity contribution in [2.75, 3.05) is 4.90 Å². The maximum atomic E-state index is 2.19. The standard InChI is InChI=1S/C20H17N.C6H6/c1-4-10-18(11-5-1)16-17-21(19-12-6-2-7-13-19)20-14-8-3-9-15-20;1-2-4-6-5-3-1/h1-17H;1-6H. The van der Waals surface area contributed by atoms with Gasteiger partial charge in [0.2, 0.25) is 0 Å². The summed E-state index contributed by atoms with van der Waals surface area (Å²) in [6.07, 6.45) is 4.24. The SMILES string of the molecule is C(=CN(c1ccccc1)c1ccccc1)c1ccccc1.c1ccccc1. The van der Waals surface area contributed by atoms with Gasteiger partial charge in [-0.05, 0) is 35.9 Å². The molecule has 0 radical (unpaired) electrons. The summed E-state index contributed by atoms with van der Waals surface area (Å²) in [6.45, 7) is 0. The number of nitrogens with zero attached hydrogens (tertiary/aromatic N) is 1. The molecule has 1 nitrogen and oxygen atoms in total. The van der Waals surface area contributed by atoms with E-state index in [0.717, 1.165) is 11.4 Å². The average Bonchev–Trinajstić information content (AvgIpc) is 2.78. The summed E-state index contributed by atoms with van der Waals surface area (Å²) in [6, 6.07) is 43.1. The van der Waals surface area contributed by atoms with Crippen LogP contribution in [0, 0.1) is 0 Å². The smallest absolute Gasteiger partial charge is 0.0455 e. The Bertz CT molecular complexity index is 835. The number of anilines is 2. The van der Waals surface area contributed by atoms with Crippen LogP contribution < -0.4 is 4.90 Å². The summed E-state index contributed by atoms with van der Waals surface area (Å²) in [7, 11) is 0. The van der Waals surface area contributed by atoms with Crippen molar-refractivity contribution < 1.29 is 0 Å². The molecule has 0 unspecified atom stereocenters. The molecule has 0 bridgehead atoms. The van der Waals surface area contributed by atoms with Crippen LogP contribution in [0.4, 0.5) is 11.4 Å². The molecule has 0 fully saturated rings. The third-order valence-electron chi connectivity index (χ3n) is 3.95. The van der Waals surface area contributed by atoms with Crippen LogP contribution in [0.1, 0.15) is 5.56 Å². The minimum atomic E-state index is 1.15. The lowest BCUT2D eigenvalue weighted by molar-refractivity contribution is 1.29. The summed E-state index contributed by atoms with van der Waals surface area (Å²) < 4.78 is 0. The minimum absolute atomic E-state index is 1.15. The average molecular weight is 349 g/mol. The van der Waals surface area contributed by atoms with Crippen molar-refractivity contribution in [2.24, 2.45) is 0 Å². The first kappa shape index (κ1) is 18.2. The van der Waals surface area contributed by atoms with E-state index in [1.54, 1.807) is 0 Å². The molecule has 0 aliphatic carbocycles. The van der Waals surface area contributed by atoms with Crippen molar-refractivity contribution in [3.8, 4) is 0 Å². The normalized spacial score (nSPS) is 10.1. The maximum absolute atomic E-state index is 2.19. The third-order valence-corrected chi connectivity index (χ3v) is 3.95. The Hall–Kier alpha value is -3.58. The molecule has 27 heavy (non-hydrogen) atoms. The zero-order valence-corrected chi connectivity index (χ0v) is 15.2. The summed E-state index contributed by atoms with van der Waals surface area (Å²) in [4.78, 5) is 2.19. The second-order valence-electron chi connectivity index (χ2n) is 5.92. The van der Waals surface area contributed by atoms with E-state index < -0.39 is 0 Å². The molecule has 0 spiro atoms. The van der Waals surface area contributed by atoms with Crippen LogP contribution in [-0.2, 0) is 0 Å². The molecule has 0 aromatic heterocycles. The largest absolute Gasteiger partial charge is 0.317 e. The first-order valence-corrected chi connectivity index (χ1v) is 9.06. The van der Waals surface area contributed by atoms with Gasteiger partial charge >= 0.3 is 0 Å². The van der Waals surface area contributed by atoms with Gasteiger partial charge < -0.3 is 4.90 Å². The van der Waals surface area contributed by atoms with E-state index in [1.165, 1.54) is 5.56 Å². The van der Waals surface area contributed by atoms with Gasteiger partial charge in [0.25, 0.3) is 0 Å². The number of rotatable bonds is 4. The summed E-state index contributed by atoms with van der Waals surface area (Å²) in [5, 5.41) is 0. The molecule has 0 aliphatic heterocycles. The Balaban J connectivity index is 0.000000299. The molecule has 0 atom stereocenters. The molecule has 0 amide bonds. The fourth-order valence-electron chi connectivity index (χ4n) is 2.61. The van der Waals surface area contributed by atoms with E-state index >= 15 is 0 Å². The Morgan fingerprint density at radius 1 is 0.407 bits per heavy atom. The van der Waals surface area contributed by atoms with Crippen molar-refractivity contribution in [3.05, 3.63) is 139 Å². The van der Waals surface area contributed by atoms with Crippen LogP contribution in [-0.4, -0.2) is 0 Å². The Morgan fingerprint density at radius 2 is 0.741 bits per heavy atom. The van der Waals surface area contributed by atoms with Gasteiger partial charge in [0.05, 0.1) is 0 Å². The molecule has 1 heteroatoms. The molecule has 4 aromatic carbocycles. The second kappa shape index (κ2) is 10.4. The molecule has 0 heterocycles. The van der Waals surface area contributed by atoms with E-state index in [1.807, 2.05) is 54.6 Å². The highest BCUT2D eigenvalue weighted by atomic mass is 15.1. The molecule has 132 valence electrons. The van der Waals surface area contributed by atoms with Crippen LogP contribution >= 0.6 is 0 Å². The fourth-order valence-corrected chi connectivity index (χ4v) is 2.61. The molecule has 0 aliphatic rings. The molecular weight excluding hydrogens is 326 g/mol. The molecule has 4 aromatic rings. The van der Waals surface area contributed by atoms with Crippen molar-refractivity contribution in [1.29, 1.82) is 0 Å². The highest BCUT2D eigenvalue weighted by Crippen LogP contribution is 2.25. The minimum Gasteiger partial charge on any atom is -0.317 e. The van der Waals surface area contributed by atoms with Crippen LogP contribution in [0.25, 0.3) is 6.08 Å². The number of benzene rings is 4. The fraction of sp³-hybridized carbons (Fsp3) is 0.